The lowest BCUT2D eigenvalue weighted by molar-refractivity contribution is 0.307. The molecule has 2 unspecified atom stereocenters. The average molecular weight is 459 g/mol. The molecule has 0 amide bonds. The average Bonchev–Trinajstić information content (AvgIpc) is 2.90. The quantitative estimate of drug-likeness (QED) is 0.347. The topological polar surface area (TPSA) is 0 Å². The van der Waals surface area contributed by atoms with Crippen LogP contribution in [0.15, 0.2) is 82.0 Å². The molecule has 3 rings (SSSR count). The van der Waals surface area contributed by atoms with Crippen LogP contribution < -0.4 is 0 Å². The van der Waals surface area contributed by atoms with Gasteiger partial charge >= 0.3 is 0 Å². The maximum absolute atomic E-state index is 2.50. The van der Waals surface area contributed by atoms with Crippen LogP contribution in [-0.4, -0.2) is 0 Å². The number of hydrogen-bond donors (Lipinski definition) is 0. The summed E-state index contributed by atoms with van der Waals surface area (Å²) in [6.07, 6.45) is 26.5. The molecule has 186 valence electrons. The minimum Gasteiger partial charge on any atom is -0.0839 e. The highest BCUT2D eigenvalue weighted by Gasteiger charge is 2.36. The Labute approximate surface area is 211 Å². The van der Waals surface area contributed by atoms with Crippen LogP contribution in [-0.2, 0) is 0 Å². The van der Waals surface area contributed by atoms with E-state index in [0.717, 1.165) is 6.42 Å². The molecule has 0 aromatic heterocycles. The molecule has 0 saturated heterocycles. The fourth-order valence-corrected chi connectivity index (χ4v) is 6.76. The van der Waals surface area contributed by atoms with E-state index in [0.29, 0.717) is 17.8 Å². The van der Waals surface area contributed by atoms with Gasteiger partial charge in [0.15, 0.2) is 0 Å². The minimum absolute atomic E-state index is 0.0969. The third-order valence-electron chi connectivity index (χ3n) is 9.21. The zero-order valence-electron chi connectivity index (χ0n) is 23.6. The van der Waals surface area contributed by atoms with Gasteiger partial charge in [-0.05, 0) is 86.7 Å². The second kappa shape index (κ2) is 10.8. The van der Waals surface area contributed by atoms with Crippen LogP contribution in [0.2, 0.25) is 0 Å². The molecule has 3 aliphatic carbocycles. The van der Waals surface area contributed by atoms with E-state index in [9.17, 15) is 0 Å². The SMILES string of the molecule is CCC1CCC2=C(C=CCC2)C(C)(C)C1=CC=CC(=C(C)C(C)C)C(C)(C)C1CC=CC=C1C. The van der Waals surface area contributed by atoms with E-state index in [4.69, 9.17) is 0 Å². The molecular formula is C34H50. The predicted molar refractivity (Wildman–Crippen MR) is 152 cm³/mol. The van der Waals surface area contributed by atoms with Crippen molar-refractivity contribution in [3.8, 4) is 0 Å². The third-order valence-corrected chi connectivity index (χ3v) is 9.21. The van der Waals surface area contributed by atoms with Gasteiger partial charge in [0.2, 0.25) is 0 Å². The first kappa shape index (κ1) is 26.8. The van der Waals surface area contributed by atoms with E-state index in [-0.39, 0.29) is 10.8 Å². The van der Waals surface area contributed by atoms with Gasteiger partial charge in [-0.1, -0.05) is 119 Å². The molecular weight excluding hydrogens is 408 g/mol. The molecule has 0 nitrogen and oxygen atoms in total. The highest BCUT2D eigenvalue weighted by atomic mass is 14.4. The normalized spacial score (nSPS) is 27.2. The Morgan fingerprint density at radius 1 is 1.18 bits per heavy atom. The lowest BCUT2D eigenvalue weighted by Crippen LogP contribution is -2.28. The van der Waals surface area contributed by atoms with Gasteiger partial charge in [0, 0.05) is 5.41 Å². The minimum atomic E-state index is 0.0969. The maximum Gasteiger partial charge on any atom is 0.0110 e. The first-order valence-electron chi connectivity index (χ1n) is 13.8. The molecule has 0 heterocycles. The Bertz CT molecular complexity index is 962. The van der Waals surface area contributed by atoms with Crippen molar-refractivity contribution in [1.82, 2.24) is 0 Å². The van der Waals surface area contributed by atoms with Gasteiger partial charge in [-0.2, -0.15) is 0 Å². The number of rotatable bonds is 6. The summed E-state index contributed by atoms with van der Waals surface area (Å²) in [5.74, 6) is 1.77. The second-order valence-corrected chi connectivity index (χ2v) is 12.3. The van der Waals surface area contributed by atoms with Gasteiger partial charge in [0.1, 0.15) is 0 Å². The first-order chi connectivity index (χ1) is 16.0. The molecule has 0 saturated carbocycles. The zero-order chi connectivity index (χ0) is 25.1. The molecule has 0 heteroatoms. The van der Waals surface area contributed by atoms with Gasteiger partial charge < -0.3 is 0 Å². The summed E-state index contributed by atoms with van der Waals surface area (Å²) in [5.41, 5.74) is 9.68. The molecule has 34 heavy (non-hydrogen) atoms. The van der Waals surface area contributed by atoms with E-state index in [1.165, 1.54) is 48.8 Å². The van der Waals surface area contributed by atoms with Crippen LogP contribution in [0.3, 0.4) is 0 Å². The zero-order valence-corrected chi connectivity index (χ0v) is 23.6. The standard InChI is InChI=1S/C34H50/c1-10-27-22-23-28-17-12-14-19-32(28)34(8,9)31(27)21-15-20-30(26(5)24(2)3)33(6,7)29-18-13-11-16-25(29)4/h11,13-16,19-21,24,27,29H,10,12,17-18,22-23H2,1-9H3. The lowest BCUT2D eigenvalue weighted by atomic mass is 9.65. The van der Waals surface area contributed by atoms with Crippen molar-refractivity contribution in [2.24, 2.45) is 28.6 Å². The monoisotopic (exact) mass is 458 g/mol. The van der Waals surface area contributed by atoms with E-state index in [1.807, 2.05) is 0 Å². The van der Waals surface area contributed by atoms with Gasteiger partial charge in [0.25, 0.3) is 0 Å². The van der Waals surface area contributed by atoms with Crippen molar-refractivity contribution in [2.45, 2.75) is 101 Å². The molecule has 0 aromatic carbocycles. The Morgan fingerprint density at radius 2 is 1.91 bits per heavy atom. The van der Waals surface area contributed by atoms with Crippen molar-refractivity contribution >= 4 is 0 Å². The van der Waals surface area contributed by atoms with Crippen molar-refractivity contribution in [2.75, 3.05) is 0 Å². The molecule has 0 bridgehead atoms. The molecule has 0 N–H and O–H groups in total. The van der Waals surface area contributed by atoms with Crippen LogP contribution >= 0.6 is 0 Å². The van der Waals surface area contributed by atoms with Gasteiger partial charge in [-0.15, -0.1) is 0 Å². The van der Waals surface area contributed by atoms with E-state index in [2.05, 4.69) is 111 Å². The van der Waals surface area contributed by atoms with Crippen molar-refractivity contribution < 1.29 is 0 Å². The molecule has 0 radical (unpaired) electrons. The van der Waals surface area contributed by atoms with E-state index in [1.54, 1.807) is 16.7 Å². The third kappa shape index (κ3) is 5.37. The molecule has 0 fully saturated rings. The maximum atomic E-state index is 2.50. The number of hydrogen-bond acceptors (Lipinski definition) is 0. The van der Waals surface area contributed by atoms with E-state index < -0.39 is 0 Å². The van der Waals surface area contributed by atoms with Crippen molar-refractivity contribution in [3.63, 3.8) is 0 Å². The Morgan fingerprint density at radius 3 is 2.56 bits per heavy atom. The van der Waals surface area contributed by atoms with Gasteiger partial charge in [-0.25, -0.2) is 0 Å². The summed E-state index contributed by atoms with van der Waals surface area (Å²) in [5, 5.41) is 0. The number of allylic oxidation sites excluding steroid dienone is 14. The van der Waals surface area contributed by atoms with Crippen LogP contribution in [0.25, 0.3) is 0 Å². The fourth-order valence-electron chi connectivity index (χ4n) is 6.76. The molecule has 0 aliphatic heterocycles. The molecule has 0 aromatic rings. The summed E-state index contributed by atoms with van der Waals surface area (Å²) in [6, 6.07) is 0. The molecule has 0 spiro atoms. The van der Waals surface area contributed by atoms with Crippen LogP contribution in [0.5, 0.6) is 0 Å². The van der Waals surface area contributed by atoms with Gasteiger partial charge in [0.05, 0.1) is 0 Å². The first-order valence-corrected chi connectivity index (χ1v) is 13.8. The summed E-state index contributed by atoms with van der Waals surface area (Å²) in [7, 11) is 0. The Hall–Kier alpha value is -1.82. The van der Waals surface area contributed by atoms with Crippen molar-refractivity contribution in [3.05, 3.63) is 82.0 Å². The largest absolute Gasteiger partial charge is 0.0839 e. The summed E-state index contributed by atoms with van der Waals surface area (Å²) in [6.45, 7) is 21.6. The predicted octanol–water partition coefficient (Wildman–Crippen LogP) is 10.5. The summed E-state index contributed by atoms with van der Waals surface area (Å²) < 4.78 is 0. The Balaban J connectivity index is 2.03. The summed E-state index contributed by atoms with van der Waals surface area (Å²) >= 11 is 0. The van der Waals surface area contributed by atoms with Crippen LogP contribution in [0.4, 0.5) is 0 Å². The second-order valence-electron chi connectivity index (χ2n) is 12.3. The van der Waals surface area contributed by atoms with E-state index >= 15 is 0 Å². The highest BCUT2D eigenvalue weighted by Crippen LogP contribution is 2.49. The highest BCUT2D eigenvalue weighted by molar-refractivity contribution is 5.45. The molecule has 3 aliphatic rings. The Kier molecular flexibility index (Phi) is 8.54. The smallest absolute Gasteiger partial charge is 0.0110 e. The fraction of sp³-hybridized carbons (Fsp3) is 0.588. The molecule has 2 atom stereocenters. The van der Waals surface area contributed by atoms with Crippen LogP contribution in [0.1, 0.15) is 101 Å². The van der Waals surface area contributed by atoms with Crippen molar-refractivity contribution in [1.29, 1.82) is 0 Å². The van der Waals surface area contributed by atoms with Gasteiger partial charge in [-0.3, -0.25) is 0 Å². The summed E-state index contributed by atoms with van der Waals surface area (Å²) in [4.78, 5) is 0. The lowest BCUT2D eigenvalue weighted by Gasteiger charge is -2.39. The van der Waals surface area contributed by atoms with Crippen LogP contribution in [0, 0.1) is 28.6 Å².